The number of benzene rings is 3. The predicted molar refractivity (Wildman–Crippen MR) is 132 cm³/mol. The number of para-hydroxylation sites is 1. The maximum Gasteiger partial charge on any atom is 0.248 e. The highest BCUT2D eigenvalue weighted by atomic mass is 16.3. The Kier molecular flexibility index (Phi) is 6.28. The molecule has 0 aliphatic carbocycles. The van der Waals surface area contributed by atoms with E-state index in [1.54, 1.807) is 6.08 Å². The molecule has 1 aliphatic rings. The number of aromatic nitrogens is 1. The number of fused-ring (bicyclic) bond motifs is 1. The topological polar surface area (TPSA) is 70.4 Å². The summed E-state index contributed by atoms with van der Waals surface area (Å²) in [5, 5.41) is 6.33. The van der Waals surface area contributed by atoms with E-state index in [-0.39, 0.29) is 5.91 Å². The van der Waals surface area contributed by atoms with E-state index < -0.39 is 0 Å². The van der Waals surface area contributed by atoms with E-state index in [0.29, 0.717) is 11.6 Å². The van der Waals surface area contributed by atoms with Crippen LogP contribution in [0.5, 0.6) is 0 Å². The maximum absolute atomic E-state index is 12.5. The first-order valence-corrected chi connectivity index (χ1v) is 11.2. The molecule has 0 unspecified atom stereocenters. The van der Waals surface area contributed by atoms with Gasteiger partial charge < -0.3 is 15.1 Å². The van der Waals surface area contributed by atoms with Crippen LogP contribution in [-0.2, 0) is 11.3 Å². The molecule has 2 N–H and O–H groups in total. The van der Waals surface area contributed by atoms with Crippen LogP contribution in [0, 0.1) is 0 Å². The smallest absolute Gasteiger partial charge is 0.248 e. The highest BCUT2D eigenvalue weighted by Crippen LogP contribution is 2.30. The van der Waals surface area contributed by atoms with Crippen molar-refractivity contribution >= 4 is 28.8 Å². The second-order valence-corrected chi connectivity index (χ2v) is 8.13. The lowest BCUT2D eigenvalue weighted by Gasteiger charge is -2.27. The van der Waals surface area contributed by atoms with Crippen LogP contribution in [0.4, 0.5) is 5.69 Å². The molecule has 0 spiro atoms. The average Bonchev–Trinajstić information content (AvgIpc) is 3.28. The largest absolute Gasteiger partial charge is 0.436 e. The van der Waals surface area contributed by atoms with Crippen LogP contribution in [0.2, 0.25) is 0 Å². The Bertz CT molecular complexity index is 1270. The number of carbonyl (C=O) groups is 1. The fourth-order valence-electron chi connectivity index (χ4n) is 4.00. The van der Waals surface area contributed by atoms with E-state index in [2.05, 4.69) is 32.7 Å². The third-order valence-electron chi connectivity index (χ3n) is 5.71. The lowest BCUT2D eigenvalue weighted by atomic mass is 10.1. The number of oxazole rings is 1. The first kappa shape index (κ1) is 21.1. The number of nitrogens with one attached hydrogen (secondary N) is 2. The number of hydrogen-bond acceptors (Lipinski definition) is 5. The molecule has 0 saturated carbocycles. The van der Waals surface area contributed by atoms with Gasteiger partial charge in [0.1, 0.15) is 5.52 Å². The molecule has 1 aliphatic heterocycles. The van der Waals surface area contributed by atoms with E-state index in [4.69, 9.17) is 4.42 Å². The van der Waals surface area contributed by atoms with E-state index in [9.17, 15) is 4.79 Å². The zero-order valence-electron chi connectivity index (χ0n) is 18.3. The molecule has 5 rings (SSSR count). The number of carbonyl (C=O) groups excluding carboxylic acids is 1. The van der Waals surface area contributed by atoms with Crippen LogP contribution < -0.4 is 10.6 Å². The molecule has 1 amide bonds. The molecule has 33 heavy (non-hydrogen) atoms. The monoisotopic (exact) mass is 438 g/mol. The number of anilines is 1. The fraction of sp³-hybridized carbons (Fsp3) is 0.185. The van der Waals surface area contributed by atoms with Crippen molar-refractivity contribution in [2.45, 2.75) is 6.54 Å². The first-order valence-electron chi connectivity index (χ1n) is 11.2. The van der Waals surface area contributed by atoms with Crippen molar-refractivity contribution in [2.24, 2.45) is 0 Å². The van der Waals surface area contributed by atoms with E-state index >= 15 is 0 Å². The lowest BCUT2D eigenvalue weighted by molar-refractivity contribution is -0.111. The Hall–Kier alpha value is -3.74. The van der Waals surface area contributed by atoms with Gasteiger partial charge in [-0.3, -0.25) is 9.69 Å². The molecule has 6 heteroatoms. The highest BCUT2D eigenvalue weighted by molar-refractivity contribution is 6.04. The Labute approximate surface area is 192 Å². The van der Waals surface area contributed by atoms with Crippen molar-refractivity contribution < 1.29 is 9.21 Å². The van der Waals surface area contributed by atoms with Crippen molar-refractivity contribution in [2.75, 3.05) is 31.5 Å². The lowest BCUT2D eigenvalue weighted by Crippen LogP contribution is -2.42. The molecule has 166 valence electrons. The van der Waals surface area contributed by atoms with Gasteiger partial charge in [0, 0.05) is 38.8 Å². The molecule has 2 heterocycles. The maximum atomic E-state index is 12.5. The second kappa shape index (κ2) is 9.81. The number of nitrogens with zero attached hydrogens (tertiary/aromatic N) is 2. The molecule has 0 bridgehead atoms. The zero-order valence-corrected chi connectivity index (χ0v) is 18.3. The minimum Gasteiger partial charge on any atom is -0.436 e. The summed E-state index contributed by atoms with van der Waals surface area (Å²) in [6.07, 6.45) is 3.32. The molecule has 6 nitrogen and oxygen atoms in total. The summed E-state index contributed by atoms with van der Waals surface area (Å²) in [5.74, 6) is 0.285. The van der Waals surface area contributed by atoms with Gasteiger partial charge in [0.05, 0.1) is 11.3 Å². The zero-order chi connectivity index (χ0) is 22.5. The van der Waals surface area contributed by atoms with Crippen molar-refractivity contribution in [3.63, 3.8) is 0 Å². The van der Waals surface area contributed by atoms with Crippen molar-refractivity contribution in [1.29, 1.82) is 0 Å². The molecule has 1 saturated heterocycles. The fourth-order valence-corrected chi connectivity index (χ4v) is 4.00. The molecule has 1 aromatic heterocycles. The minimum absolute atomic E-state index is 0.208. The summed E-state index contributed by atoms with van der Waals surface area (Å²) >= 11 is 0. The third-order valence-corrected chi connectivity index (χ3v) is 5.71. The van der Waals surface area contributed by atoms with Crippen molar-refractivity contribution in [3.05, 3.63) is 90.0 Å². The standard InChI is InChI=1S/C27H26N4O2/c32-26(13-11-20-6-2-1-3-7-20)29-23-9-5-4-8-22(23)27-30-24-12-10-21(18-25(24)33-27)19-31-16-14-28-15-17-31/h1-13,18,28H,14-17,19H2,(H,29,32). The average molecular weight is 439 g/mol. The van der Waals surface area contributed by atoms with Crippen LogP contribution in [0.15, 0.2) is 83.3 Å². The van der Waals surface area contributed by atoms with E-state index in [1.165, 1.54) is 11.6 Å². The van der Waals surface area contributed by atoms with Crippen molar-refractivity contribution in [1.82, 2.24) is 15.2 Å². The molecule has 1 fully saturated rings. The quantitative estimate of drug-likeness (QED) is 0.432. The van der Waals surface area contributed by atoms with Crippen molar-refractivity contribution in [3.8, 4) is 11.5 Å². The summed E-state index contributed by atoms with van der Waals surface area (Å²) in [5.41, 5.74) is 5.14. The number of amides is 1. The normalized spacial score (nSPS) is 14.7. The van der Waals surface area contributed by atoms with Gasteiger partial charge in [0.2, 0.25) is 11.8 Å². The Balaban J connectivity index is 1.35. The number of hydrogen-bond donors (Lipinski definition) is 2. The third kappa shape index (κ3) is 5.19. The summed E-state index contributed by atoms with van der Waals surface area (Å²) in [4.78, 5) is 19.6. The van der Waals surface area contributed by atoms with Gasteiger partial charge in [0.25, 0.3) is 0 Å². The van der Waals surface area contributed by atoms with Crippen LogP contribution in [0.25, 0.3) is 28.6 Å². The van der Waals surface area contributed by atoms with Gasteiger partial charge in [-0.25, -0.2) is 4.98 Å². The van der Waals surface area contributed by atoms with Crippen LogP contribution in [0.3, 0.4) is 0 Å². The summed E-state index contributed by atoms with van der Waals surface area (Å²) in [6, 6.07) is 23.5. The first-order chi connectivity index (χ1) is 16.2. The Morgan fingerprint density at radius 2 is 1.82 bits per heavy atom. The van der Waals surface area contributed by atoms with Crippen LogP contribution in [-0.4, -0.2) is 42.0 Å². The van der Waals surface area contributed by atoms with Gasteiger partial charge in [-0.05, 0) is 41.5 Å². The predicted octanol–water partition coefficient (Wildman–Crippen LogP) is 4.55. The number of rotatable bonds is 6. The molecule has 0 radical (unpaired) electrons. The van der Waals surface area contributed by atoms with Gasteiger partial charge in [-0.15, -0.1) is 0 Å². The highest BCUT2D eigenvalue weighted by Gasteiger charge is 2.15. The summed E-state index contributed by atoms with van der Waals surface area (Å²) < 4.78 is 6.12. The molecule has 3 aromatic carbocycles. The summed E-state index contributed by atoms with van der Waals surface area (Å²) in [6.45, 7) is 5.04. The second-order valence-electron chi connectivity index (χ2n) is 8.13. The van der Waals surface area contributed by atoms with Crippen LogP contribution in [0.1, 0.15) is 11.1 Å². The Morgan fingerprint density at radius 1 is 1.03 bits per heavy atom. The van der Waals surface area contributed by atoms with Gasteiger partial charge in [-0.1, -0.05) is 48.5 Å². The molecular weight excluding hydrogens is 412 g/mol. The molecule has 4 aromatic rings. The number of piperazine rings is 1. The minimum atomic E-state index is -0.208. The van der Waals surface area contributed by atoms with E-state index in [0.717, 1.165) is 55.0 Å². The summed E-state index contributed by atoms with van der Waals surface area (Å²) in [7, 11) is 0. The molecule has 0 atom stereocenters. The Morgan fingerprint density at radius 3 is 2.67 bits per heavy atom. The van der Waals surface area contributed by atoms with Crippen LogP contribution >= 0.6 is 0 Å². The van der Waals surface area contributed by atoms with E-state index in [1.807, 2.05) is 60.7 Å². The van der Waals surface area contributed by atoms with Gasteiger partial charge >= 0.3 is 0 Å². The molecular formula is C27H26N4O2. The van der Waals surface area contributed by atoms with Gasteiger partial charge in [-0.2, -0.15) is 0 Å². The van der Waals surface area contributed by atoms with Gasteiger partial charge in [0.15, 0.2) is 5.58 Å². The SMILES string of the molecule is O=C(C=Cc1ccccc1)Nc1ccccc1-c1nc2ccc(CN3CCNCC3)cc2o1.